The first-order chi connectivity index (χ1) is 6.49. The van der Waals surface area contributed by atoms with Crippen LogP contribution in [0.5, 0.6) is 0 Å². The maximum atomic E-state index is 10.2. The van der Waals surface area contributed by atoms with Crippen LogP contribution in [-0.4, -0.2) is 4.92 Å². The molecule has 0 fully saturated rings. The summed E-state index contributed by atoms with van der Waals surface area (Å²) >= 11 is 16.7. The van der Waals surface area contributed by atoms with Gasteiger partial charge in [-0.25, -0.2) is 0 Å². The van der Waals surface area contributed by atoms with Gasteiger partial charge in [0, 0.05) is 16.1 Å². The van der Waals surface area contributed by atoms with Crippen LogP contribution in [-0.2, 0) is 0 Å². The van der Waals surface area contributed by atoms with Gasteiger partial charge in [-0.1, -0.05) is 23.2 Å². The molecular formula is C8H4Cl3NO2. The zero-order chi connectivity index (χ0) is 10.7. The summed E-state index contributed by atoms with van der Waals surface area (Å²) in [5.41, 5.74) is 0.490. The fraction of sp³-hybridized carbons (Fsp3) is 0. The normalized spacial score (nSPS) is 11.5. The molecule has 0 amide bonds. The van der Waals surface area contributed by atoms with Gasteiger partial charge >= 0.3 is 5.16 Å². The Bertz CT molecular complexity index is 383. The molecule has 0 aliphatic heterocycles. The molecule has 0 N–H and O–H groups in total. The molecule has 3 nitrogen and oxygen atoms in total. The Morgan fingerprint density at radius 1 is 1.29 bits per heavy atom. The highest BCUT2D eigenvalue weighted by atomic mass is 35.5. The van der Waals surface area contributed by atoms with Gasteiger partial charge in [0.15, 0.2) is 0 Å². The zero-order valence-electron chi connectivity index (χ0n) is 6.71. The lowest BCUT2D eigenvalue weighted by Gasteiger charge is -1.96. The Morgan fingerprint density at radius 2 is 1.79 bits per heavy atom. The quantitative estimate of drug-likeness (QED) is 0.456. The smallest absolute Gasteiger partial charge is 0.257 e. The highest BCUT2D eigenvalue weighted by Crippen LogP contribution is 2.21. The van der Waals surface area contributed by atoms with Gasteiger partial charge in [-0.15, -0.1) is 0 Å². The first kappa shape index (κ1) is 11.3. The van der Waals surface area contributed by atoms with E-state index >= 15 is 0 Å². The Morgan fingerprint density at radius 3 is 2.21 bits per heavy atom. The van der Waals surface area contributed by atoms with Crippen LogP contribution in [0.1, 0.15) is 5.56 Å². The molecule has 0 unspecified atom stereocenters. The van der Waals surface area contributed by atoms with Gasteiger partial charge in [0.05, 0.1) is 4.92 Å². The van der Waals surface area contributed by atoms with Gasteiger partial charge in [-0.3, -0.25) is 10.1 Å². The summed E-state index contributed by atoms with van der Waals surface area (Å²) in [5, 5.41) is 10.5. The van der Waals surface area contributed by atoms with Crippen LogP contribution in [0.15, 0.2) is 23.4 Å². The third kappa shape index (κ3) is 3.18. The summed E-state index contributed by atoms with van der Waals surface area (Å²) in [4.78, 5) is 9.51. The number of rotatable bonds is 2. The van der Waals surface area contributed by atoms with E-state index in [1.807, 2.05) is 0 Å². The van der Waals surface area contributed by atoms with E-state index in [0.29, 0.717) is 15.6 Å². The number of nitrogens with zero attached hydrogens (tertiary/aromatic N) is 1. The first-order valence-electron chi connectivity index (χ1n) is 3.47. The molecule has 1 rings (SSSR count). The van der Waals surface area contributed by atoms with Crippen molar-refractivity contribution < 1.29 is 4.92 Å². The molecule has 1 aromatic rings. The standard InChI is InChI=1S/C8H4Cl3NO2/c9-6-1-5(2-7(10)4-6)3-8(11)12(13)14/h1-4H/b8-3+. The van der Waals surface area contributed by atoms with Gasteiger partial charge in [0.2, 0.25) is 0 Å². The van der Waals surface area contributed by atoms with E-state index < -0.39 is 10.1 Å². The maximum Gasteiger partial charge on any atom is 0.337 e. The van der Waals surface area contributed by atoms with Gasteiger partial charge < -0.3 is 0 Å². The fourth-order valence-corrected chi connectivity index (χ4v) is 1.52. The van der Waals surface area contributed by atoms with Crippen molar-refractivity contribution in [2.45, 2.75) is 0 Å². The molecule has 0 aliphatic carbocycles. The zero-order valence-corrected chi connectivity index (χ0v) is 8.97. The molecule has 0 atom stereocenters. The van der Waals surface area contributed by atoms with Crippen LogP contribution in [0, 0.1) is 10.1 Å². The Balaban J connectivity index is 3.08. The lowest BCUT2D eigenvalue weighted by molar-refractivity contribution is -0.410. The number of hydrogen-bond acceptors (Lipinski definition) is 2. The SMILES string of the molecule is O=[N+]([O-])/C(Cl)=C/c1cc(Cl)cc(Cl)c1. The van der Waals surface area contributed by atoms with E-state index in [-0.39, 0.29) is 0 Å². The monoisotopic (exact) mass is 251 g/mol. The first-order valence-corrected chi connectivity index (χ1v) is 4.60. The van der Waals surface area contributed by atoms with Crippen molar-refractivity contribution in [1.29, 1.82) is 0 Å². The molecule has 0 saturated heterocycles. The van der Waals surface area contributed by atoms with Gasteiger partial charge in [0.1, 0.15) is 0 Å². The summed E-state index contributed by atoms with van der Waals surface area (Å²) in [6, 6.07) is 4.58. The lowest BCUT2D eigenvalue weighted by Crippen LogP contribution is -1.90. The summed E-state index contributed by atoms with van der Waals surface area (Å²) in [6.45, 7) is 0. The van der Waals surface area contributed by atoms with E-state index in [1.54, 1.807) is 0 Å². The minimum atomic E-state index is -0.698. The molecule has 0 bridgehead atoms. The highest BCUT2D eigenvalue weighted by Gasteiger charge is 2.06. The molecule has 1 aromatic carbocycles. The predicted octanol–water partition coefficient (Wildman–Crippen LogP) is 3.81. The fourth-order valence-electron chi connectivity index (χ4n) is 0.849. The number of hydrogen-bond donors (Lipinski definition) is 0. The summed E-state index contributed by atoms with van der Waals surface area (Å²) in [6.07, 6.45) is 1.18. The molecule has 0 spiro atoms. The van der Waals surface area contributed by atoms with Crippen molar-refractivity contribution >= 4 is 40.9 Å². The third-order valence-electron chi connectivity index (χ3n) is 1.35. The van der Waals surface area contributed by atoms with E-state index in [4.69, 9.17) is 34.8 Å². The number of nitro groups is 1. The lowest BCUT2D eigenvalue weighted by atomic mass is 10.2. The molecule has 6 heteroatoms. The second-order valence-corrected chi connectivity index (χ2v) is 3.69. The van der Waals surface area contributed by atoms with E-state index in [0.717, 1.165) is 0 Å². The van der Waals surface area contributed by atoms with Crippen LogP contribution >= 0.6 is 34.8 Å². The average molecular weight is 252 g/mol. The van der Waals surface area contributed by atoms with Crippen molar-refractivity contribution in [3.05, 3.63) is 49.1 Å². The topological polar surface area (TPSA) is 43.1 Å². The van der Waals surface area contributed by atoms with E-state index in [2.05, 4.69) is 0 Å². The Hall–Kier alpha value is -0.770. The highest BCUT2D eigenvalue weighted by molar-refractivity contribution is 6.35. The van der Waals surface area contributed by atoms with Crippen LogP contribution < -0.4 is 0 Å². The Kier molecular flexibility index (Phi) is 3.75. The second kappa shape index (κ2) is 4.64. The van der Waals surface area contributed by atoms with Crippen molar-refractivity contribution in [3.8, 4) is 0 Å². The van der Waals surface area contributed by atoms with Crippen molar-refractivity contribution in [1.82, 2.24) is 0 Å². The molecular weight excluding hydrogens is 248 g/mol. The van der Waals surface area contributed by atoms with E-state index in [1.165, 1.54) is 24.3 Å². The number of halogens is 3. The molecule has 0 radical (unpaired) electrons. The molecule has 14 heavy (non-hydrogen) atoms. The predicted molar refractivity (Wildman–Crippen MR) is 57.3 cm³/mol. The Labute approximate surface area is 95.0 Å². The van der Waals surface area contributed by atoms with Crippen molar-refractivity contribution in [2.24, 2.45) is 0 Å². The van der Waals surface area contributed by atoms with Crippen LogP contribution in [0.4, 0.5) is 0 Å². The molecule has 74 valence electrons. The summed E-state index contributed by atoms with van der Waals surface area (Å²) in [7, 11) is 0. The third-order valence-corrected chi connectivity index (χ3v) is 2.03. The minimum absolute atomic E-state index is 0.400. The largest absolute Gasteiger partial charge is 0.337 e. The van der Waals surface area contributed by atoms with E-state index in [9.17, 15) is 10.1 Å². The van der Waals surface area contributed by atoms with Crippen LogP contribution in [0.2, 0.25) is 10.0 Å². The minimum Gasteiger partial charge on any atom is -0.257 e. The molecule has 0 saturated carbocycles. The van der Waals surface area contributed by atoms with Gasteiger partial charge in [0.25, 0.3) is 0 Å². The van der Waals surface area contributed by atoms with Gasteiger partial charge in [-0.2, -0.15) is 0 Å². The van der Waals surface area contributed by atoms with Crippen molar-refractivity contribution in [3.63, 3.8) is 0 Å². The average Bonchev–Trinajstić information content (AvgIpc) is 2.01. The summed E-state index contributed by atoms with van der Waals surface area (Å²) in [5.74, 6) is 0. The van der Waals surface area contributed by atoms with Gasteiger partial charge in [-0.05, 0) is 35.4 Å². The van der Waals surface area contributed by atoms with Crippen LogP contribution in [0.25, 0.3) is 6.08 Å². The van der Waals surface area contributed by atoms with Crippen LogP contribution in [0.3, 0.4) is 0 Å². The van der Waals surface area contributed by atoms with Crippen molar-refractivity contribution in [2.75, 3.05) is 0 Å². The molecule has 0 aromatic heterocycles. The number of benzene rings is 1. The molecule has 0 heterocycles. The molecule has 0 aliphatic rings. The second-order valence-electron chi connectivity index (χ2n) is 2.43. The maximum absolute atomic E-state index is 10.2. The summed E-state index contributed by atoms with van der Waals surface area (Å²) < 4.78 is 0.